The first-order valence-electron chi connectivity index (χ1n) is 9.44. The molecular formula is C21H23N3O5. The first-order valence-corrected chi connectivity index (χ1v) is 9.44. The van der Waals surface area contributed by atoms with E-state index in [-0.39, 0.29) is 17.1 Å². The maximum Gasteiger partial charge on any atom is 0.314 e. The molecule has 0 saturated carbocycles. The minimum Gasteiger partial charge on any atom is -0.495 e. The highest BCUT2D eigenvalue weighted by Gasteiger charge is 2.28. The predicted molar refractivity (Wildman–Crippen MR) is 108 cm³/mol. The Morgan fingerprint density at radius 1 is 1.17 bits per heavy atom. The Labute approximate surface area is 168 Å². The molecule has 1 N–H and O–H groups in total. The second-order valence-corrected chi connectivity index (χ2v) is 7.02. The number of methoxy groups -OCH3 is 1. The molecule has 0 bridgehead atoms. The molecule has 3 rings (SSSR count). The summed E-state index contributed by atoms with van der Waals surface area (Å²) in [6, 6.07) is 14.0. The lowest BCUT2D eigenvalue weighted by molar-refractivity contribution is -0.384. The molecule has 1 aliphatic heterocycles. The summed E-state index contributed by atoms with van der Waals surface area (Å²) in [6.07, 6.45) is 2.61. The van der Waals surface area contributed by atoms with Crippen LogP contribution >= 0.6 is 0 Å². The number of hydrogen-bond acceptors (Lipinski definition) is 5. The number of carbonyl (C=O) groups excluding carboxylic acids is 2. The number of nitro benzene ring substituents is 1. The van der Waals surface area contributed by atoms with E-state index in [0.29, 0.717) is 19.0 Å². The average Bonchev–Trinajstić information content (AvgIpc) is 2.74. The number of non-ortho nitro benzene ring substituents is 1. The van der Waals surface area contributed by atoms with Gasteiger partial charge in [-0.05, 0) is 36.8 Å². The minimum atomic E-state index is -0.828. The minimum absolute atomic E-state index is 0.0963. The van der Waals surface area contributed by atoms with Crippen LogP contribution in [0.15, 0.2) is 48.5 Å². The molecule has 2 aromatic rings. The summed E-state index contributed by atoms with van der Waals surface area (Å²) in [5.41, 5.74) is 1.17. The third-order valence-electron chi connectivity index (χ3n) is 5.11. The van der Waals surface area contributed by atoms with Gasteiger partial charge in [-0.1, -0.05) is 30.3 Å². The molecule has 0 atom stereocenters. The van der Waals surface area contributed by atoms with Crippen molar-refractivity contribution in [1.29, 1.82) is 0 Å². The molecule has 29 heavy (non-hydrogen) atoms. The van der Waals surface area contributed by atoms with E-state index >= 15 is 0 Å². The van der Waals surface area contributed by atoms with Gasteiger partial charge in [-0.3, -0.25) is 19.7 Å². The van der Waals surface area contributed by atoms with Crippen molar-refractivity contribution in [3.8, 4) is 5.75 Å². The molecule has 0 aliphatic carbocycles. The van der Waals surface area contributed by atoms with E-state index in [9.17, 15) is 19.7 Å². The zero-order chi connectivity index (χ0) is 20.8. The van der Waals surface area contributed by atoms with Crippen molar-refractivity contribution in [2.24, 2.45) is 5.92 Å². The van der Waals surface area contributed by atoms with Crippen LogP contribution in [0.3, 0.4) is 0 Å². The quantitative estimate of drug-likeness (QED) is 0.475. The molecule has 1 aliphatic rings. The third-order valence-corrected chi connectivity index (χ3v) is 5.11. The van der Waals surface area contributed by atoms with E-state index in [0.717, 1.165) is 19.3 Å². The van der Waals surface area contributed by atoms with Crippen molar-refractivity contribution < 1.29 is 19.2 Å². The Morgan fingerprint density at radius 2 is 1.86 bits per heavy atom. The smallest absolute Gasteiger partial charge is 0.314 e. The Hall–Kier alpha value is -3.42. The summed E-state index contributed by atoms with van der Waals surface area (Å²) in [5, 5.41) is 13.4. The van der Waals surface area contributed by atoms with Crippen LogP contribution in [0.4, 0.5) is 11.4 Å². The number of likely N-dealkylation sites (tertiary alicyclic amines) is 1. The molecule has 0 spiro atoms. The fraction of sp³-hybridized carbons (Fsp3) is 0.333. The molecule has 2 aromatic carbocycles. The maximum atomic E-state index is 12.5. The fourth-order valence-corrected chi connectivity index (χ4v) is 3.51. The van der Waals surface area contributed by atoms with Gasteiger partial charge in [0.2, 0.25) is 0 Å². The highest BCUT2D eigenvalue weighted by molar-refractivity contribution is 6.39. The molecule has 1 saturated heterocycles. The number of piperidine rings is 1. The Bertz CT molecular complexity index is 892. The van der Waals surface area contributed by atoms with E-state index in [1.807, 2.05) is 18.2 Å². The number of nitro groups is 1. The van der Waals surface area contributed by atoms with Crippen molar-refractivity contribution in [3.05, 3.63) is 64.2 Å². The van der Waals surface area contributed by atoms with Crippen molar-refractivity contribution in [2.45, 2.75) is 19.3 Å². The maximum absolute atomic E-state index is 12.5. The number of carbonyl (C=O) groups is 2. The standard InChI is InChI=1S/C21H23N3O5/c1-29-19-8-7-17(24(27)28)14-18(19)22-20(25)21(26)23-11-9-16(10-12-23)13-15-5-3-2-4-6-15/h2-8,14,16H,9-13H2,1H3,(H,22,25). The first-order chi connectivity index (χ1) is 14.0. The first kappa shape index (κ1) is 20.3. The lowest BCUT2D eigenvalue weighted by Crippen LogP contribution is -2.44. The number of nitrogens with one attached hydrogen (secondary N) is 1. The molecule has 8 nitrogen and oxygen atoms in total. The molecule has 0 unspecified atom stereocenters. The summed E-state index contributed by atoms with van der Waals surface area (Å²) in [5.74, 6) is -0.748. The molecule has 0 radical (unpaired) electrons. The topological polar surface area (TPSA) is 102 Å². The van der Waals surface area contributed by atoms with Gasteiger partial charge in [0.05, 0.1) is 17.7 Å². The van der Waals surface area contributed by atoms with Gasteiger partial charge < -0.3 is 15.0 Å². The van der Waals surface area contributed by atoms with Gasteiger partial charge in [-0.25, -0.2) is 0 Å². The van der Waals surface area contributed by atoms with E-state index in [1.54, 1.807) is 0 Å². The average molecular weight is 397 g/mol. The van der Waals surface area contributed by atoms with Crippen molar-refractivity contribution in [2.75, 3.05) is 25.5 Å². The normalized spacial score (nSPS) is 14.3. The van der Waals surface area contributed by atoms with E-state index in [2.05, 4.69) is 17.4 Å². The number of anilines is 1. The van der Waals surface area contributed by atoms with E-state index in [1.165, 1.54) is 35.8 Å². The van der Waals surface area contributed by atoms with Crippen molar-refractivity contribution >= 4 is 23.2 Å². The van der Waals surface area contributed by atoms with Gasteiger partial charge in [-0.2, -0.15) is 0 Å². The fourth-order valence-electron chi connectivity index (χ4n) is 3.51. The van der Waals surface area contributed by atoms with Gasteiger partial charge in [0.25, 0.3) is 5.69 Å². The van der Waals surface area contributed by atoms with Crippen LogP contribution in [0.5, 0.6) is 5.75 Å². The number of hydrogen-bond donors (Lipinski definition) is 1. The van der Waals surface area contributed by atoms with E-state index < -0.39 is 16.7 Å². The lowest BCUT2D eigenvalue weighted by Gasteiger charge is -2.31. The molecule has 0 aromatic heterocycles. The highest BCUT2D eigenvalue weighted by Crippen LogP contribution is 2.29. The van der Waals surface area contributed by atoms with Crippen LogP contribution in [0.1, 0.15) is 18.4 Å². The number of rotatable bonds is 5. The van der Waals surface area contributed by atoms with Crippen LogP contribution in [0, 0.1) is 16.0 Å². The number of amides is 2. The van der Waals surface area contributed by atoms with Crippen molar-refractivity contribution in [1.82, 2.24) is 4.90 Å². The van der Waals surface area contributed by atoms with Crippen LogP contribution < -0.4 is 10.1 Å². The number of nitrogens with zero attached hydrogens (tertiary/aromatic N) is 2. The Balaban J connectivity index is 1.58. The second-order valence-electron chi connectivity index (χ2n) is 7.02. The molecule has 1 fully saturated rings. The summed E-state index contributed by atoms with van der Waals surface area (Å²) in [6.45, 7) is 1.02. The molecule has 152 valence electrons. The lowest BCUT2D eigenvalue weighted by atomic mass is 9.90. The van der Waals surface area contributed by atoms with E-state index in [4.69, 9.17) is 4.74 Å². The molecule has 8 heteroatoms. The molecule has 2 amide bonds. The second kappa shape index (κ2) is 9.18. The predicted octanol–water partition coefficient (Wildman–Crippen LogP) is 3.02. The van der Waals surface area contributed by atoms with Gasteiger partial charge in [0.1, 0.15) is 5.75 Å². The zero-order valence-electron chi connectivity index (χ0n) is 16.2. The largest absolute Gasteiger partial charge is 0.495 e. The highest BCUT2D eigenvalue weighted by atomic mass is 16.6. The zero-order valence-corrected chi connectivity index (χ0v) is 16.2. The monoisotopic (exact) mass is 397 g/mol. The van der Waals surface area contributed by atoms with Gasteiger partial charge in [-0.15, -0.1) is 0 Å². The Morgan fingerprint density at radius 3 is 2.48 bits per heavy atom. The summed E-state index contributed by atoms with van der Waals surface area (Å²) < 4.78 is 5.11. The summed E-state index contributed by atoms with van der Waals surface area (Å²) in [4.78, 5) is 36.8. The SMILES string of the molecule is COc1ccc([N+](=O)[O-])cc1NC(=O)C(=O)N1CCC(Cc2ccccc2)CC1. The van der Waals surface area contributed by atoms with Gasteiger partial charge in [0, 0.05) is 25.2 Å². The van der Waals surface area contributed by atoms with Gasteiger partial charge >= 0.3 is 11.8 Å². The van der Waals surface area contributed by atoms with Gasteiger partial charge in [0.15, 0.2) is 0 Å². The Kier molecular flexibility index (Phi) is 6.43. The molecule has 1 heterocycles. The third kappa shape index (κ3) is 5.10. The van der Waals surface area contributed by atoms with Crippen LogP contribution in [0.2, 0.25) is 0 Å². The molecular weight excluding hydrogens is 374 g/mol. The van der Waals surface area contributed by atoms with Crippen LogP contribution in [-0.2, 0) is 16.0 Å². The van der Waals surface area contributed by atoms with Crippen LogP contribution in [0.25, 0.3) is 0 Å². The summed E-state index contributed by atoms with van der Waals surface area (Å²) >= 11 is 0. The van der Waals surface area contributed by atoms with Crippen LogP contribution in [-0.4, -0.2) is 41.8 Å². The number of benzene rings is 2. The van der Waals surface area contributed by atoms with Crippen molar-refractivity contribution in [3.63, 3.8) is 0 Å². The summed E-state index contributed by atoms with van der Waals surface area (Å²) in [7, 11) is 1.39. The number of ether oxygens (including phenoxy) is 1.